The molecule has 0 amide bonds. The van der Waals surface area contributed by atoms with Crippen molar-refractivity contribution in [3.8, 4) is 5.75 Å². The number of phenolic OH excluding ortho intramolecular Hbond substituents is 1. The molecule has 5 atom stereocenters. The molecule has 1 saturated heterocycles. The molecule has 2 rings (SSSR count). The largest absolute Gasteiger partial charge is 0.508 e. The number of aromatic hydroxyl groups is 1. The molecule has 33 heavy (non-hydrogen) atoms. The predicted octanol–water partition coefficient (Wildman–Crippen LogP) is 2.92. The molecule has 5 unspecified atom stereocenters. The number of esters is 1. The summed E-state index contributed by atoms with van der Waals surface area (Å²) in [5.74, 6) is -1.01. The Hall–Kier alpha value is -1.71. The van der Waals surface area contributed by atoms with Crippen molar-refractivity contribution >= 4 is 5.97 Å². The number of ether oxygens (including phenoxy) is 4. The van der Waals surface area contributed by atoms with Gasteiger partial charge in [-0.1, -0.05) is 19.1 Å². The van der Waals surface area contributed by atoms with Crippen LogP contribution in [0.2, 0.25) is 0 Å². The molecule has 0 aromatic heterocycles. The minimum atomic E-state index is -1.16. The number of hydrogen-bond donors (Lipinski definition) is 3. The van der Waals surface area contributed by atoms with E-state index in [0.29, 0.717) is 12.0 Å². The third kappa shape index (κ3) is 7.13. The lowest BCUT2D eigenvalue weighted by Crippen LogP contribution is -2.66. The van der Waals surface area contributed by atoms with Gasteiger partial charge in [0.1, 0.15) is 18.5 Å². The maximum Gasteiger partial charge on any atom is 0.338 e. The van der Waals surface area contributed by atoms with Crippen LogP contribution in [0, 0.1) is 5.92 Å². The zero-order valence-corrected chi connectivity index (χ0v) is 20.9. The van der Waals surface area contributed by atoms with Crippen molar-refractivity contribution in [1.82, 2.24) is 0 Å². The van der Waals surface area contributed by atoms with E-state index in [1.807, 2.05) is 48.5 Å². The Kier molecular flexibility index (Phi) is 9.30. The zero-order chi connectivity index (χ0) is 25.0. The lowest BCUT2D eigenvalue weighted by Gasteiger charge is -2.50. The minimum Gasteiger partial charge on any atom is -0.508 e. The Morgan fingerprint density at radius 2 is 1.79 bits per heavy atom. The number of phenols is 1. The molecule has 0 bridgehead atoms. The predicted molar refractivity (Wildman–Crippen MR) is 125 cm³/mol. The van der Waals surface area contributed by atoms with E-state index in [2.05, 4.69) is 0 Å². The van der Waals surface area contributed by atoms with E-state index in [1.165, 1.54) is 12.1 Å². The van der Waals surface area contributed by atoms with Gasteiger partial charge >= 0.3 is 5.97 Å². The van der Waals surface area contributed by atoms with Crippen LogP contribution in [0.1, 0.15) is 60.5 Å². The normalized spacial score (nSPS) is 26.4. The highest BCUT2D eigenvalue weighted by atomic mass is 16.6. The summed E-state index contributed by atoms with van der Waals surface area (Å²) in [5.41, 5.74) is 5.35. The van der Waals surface area contributed by atoms with Crippen molar-refractivity contribution in [3.63, 3.8) is 0 Å². The first kappa shape index (κ1) is 27.5. The Balaban J connectivity index is 2.32. The van der Waals surface area contributed by atoms with Crippen LogP contribution < -0.4 is 5.73 Å². The van der Waals surface area contributed by atoms with E-state index in [1.54, 1.807) is 12.1 Å². The first-order chi connectivity index (χ1) is 15.3. The summed E-state index contributed by atoms with van der Waals surface area (Å²) in [4.78, 5) is 13.2. The first-order valence-electron chi connectivity index (χ1n) is 11.6. The van der Waals surface area contributed by atoms with Gasteiger partial charge in [0.2, 0.25) is 0 Å². The van der Waals surface area contributed by atoms with E-state index in [0.717, 1.165) is 0 Å². The fraction of sp³-hybridized carbons (Fsp3) is 0.720. The Bertz CT molecular complexity index is 763. The van der Waals surface area contributed by atoms with Crippen LogP contribution in [-0.4, -0.2) is 64.4 Å². The highest BCUT2D eigenvalue weighted by Crippen LogP contribution is 2.38. The van der Waals surface area contributed by atoms with Crippen LogP contribution in [0.15, 0.2) is 24.3 Å². The van der Waals surface area contributed by atoms with Crippen LogP contribution in [0.5, 0.6) is 5.75 Å². The molecule has 8 heteroatoms. The van der Waals surface area contributed by atoms with Crippen molar-refractivity contribution in [2.75, 3.05) is 6.54 Å². The van der Waals surface area contributed by atoms with Gasteiger partial charge in [0, 0.05) is 12.5 Å². The van der Waals surface area contributed by atoms with Gasteiger partial charge in [-0.25, -0.2) is 4.79 Å². The van der Waals surface area contributed by atoms with Crippen LogP contribution in [0.25, 0.3) is 0 Å². The van der Waals surface area contributed by atoms with E-state index in [-0.39, 0.29) is 25.0 Å². The van der Waals surface area contributed by atoms with Gasteiger partial charge < -0.3 is 34.9 Å². The Morgan fingerprint density at radius 3 is 2.30 bits per heavy atom. The molecule has 4 N–H and O–H groups in total. The molecular formula is C25H41NO7. The zero-order valence-electron chi connectivity index (χ0n) is 20.9. The number of rotatable bonds is 10. The van der Waals surface area contributed by atoms with Crippen LogP contribution >= 0.6 is 0 Å². The van der Waals surface area contributed by atoms with Crippen molar-refractivity contribution in [2.45, 2.75) is 103 Å². The molecule has 0 radical (unpaired) electrons. The van der Waals surface area contributed by atoms with Gasteiger partial charge in [-0.05, 0) is 65.7 Å². The lowest BCUT2D eigenvalue weighted by molar-refractivity contribution is -0.277. The second-order valence-electron chi connectivity index (χ2n) is 10.1. The van der Waals surface area contributed by atoms with Gasteiger partial charge in [0.25, 0.3) is 0 Å². The maximum absolute atomic E-state index is 13.2. The number of aliphatic hydroxyl groups excluding tert-OH is 1. The number of carbonyl (C=O) groups is 1. The third-order valence-corrected chi connectivity index (χ3v) is 6.11. The van der Waals surface area contributed by atoms with Crippen molar-refractivity contribution in [1.29, 1.82) is 0 Å². The number of hydrogen-bond acceptors (Lipinski definition) is 8. The third-order valence-electron chi connectivity index (χ3n) is 6.11. The maximum atomic E-state index is 13.2. The van der Waals surface area contributed by atoms with E-state index in [4.69, 9.17) is 24.7 Å². The fourth-order valence-corrected chi connectivity index (χ4v) is 4.16. The molecule has 1 aromatic rings. The number of aliphatic hydroxyl groups is 1. The average molecular weight is 468 g/mol. The molecular weight excluding hydrogens is 426 g/mol. The standard InChI is InChI=1S/C25H41NO7/c1-8-24(4,5)33-20-19(28)18(13-26)22(25(6,7)32-15(2)3)31-21(20)23(29)30-14-16-9-11-17(27)12-10-16/h9-12,15,18-22,27-28H,8,13-14,26H2,1-7H3. The molecule has 1 heterocycles. The van der Waals surface area contributed by atoms with Gasteiger partial charge in [-0.3, -0.25) is 0 Å². The molecule has 1 aromatic carbocycles. The van der Waals surface area contributed by atoms with E-state index < -0.39 is 47.5 Å². The Morgan fingerprint density at radius 1 is 1.18 bits per heavy atom. The van der Waals surface area contributed by atoms with Gasteiger partial charge in [-0.15, -0.1) is 0 Å². The van der Waals surface area contributed by atoms with Crippen LogP contribution in [-0.2, 0) is 30.3 Å². The molecule has 0 aliphatic carbocycles. The summed E-state index contributed by atoms with van der Waals surface area (Å²) in [7, 11) is 0. The van der Waals surface area contributed by atoms with Gasteiger partial charge in [0.15, 0.2) is 6.10 Å². The topological polar surface area (TPSA) is 120 Å². The second kappa shape index (κ2) is 11.1. The van der Waals surface area contributed by atoms with Crippen molar-refractivity contribution in [3.05, 3.63) is 29.8 Å². The first-order valence-corrected chi connectivity index (χ1v) is 11.6. The SMILES string of the molecule is CCC(C)(C)OC1C(C(=O)OCc2ccc(O)cc2)OC(C(C)(C)OC(C)C)C(CN)C1O. The molecule has 0 saturated carbocycles. The van der Waals surface area contributed by atoms with Gasteiger partial charge in [-0.2, -0.15) is 0 Å². The fourth-order valence-electron chi connectivity index (χ4n) is 4.16. The van der Waals surface area contributed by atoms with Crippen LogP contribution in [0.4, 0.5) is 0 Å². The highest BCUT2D eigenvalue weighted by molar-refractivity contribution is 5.76. The summed E-state index contributed by atoms with van der Waals surface area (Å²) in [6, 6.07) is 6.38. The highest BCUT2D eigenvalue weighted by Gasteiger charge is 2.54. The molecule has 1 fully saturated rings. The van der Waals surface area contributed by atoms with E-state index >= 15 is 0 Å². The number of benzene rings is 1. The molecule has 1 aliphatic rings. The molecule has 1 aliphatic heterocycles. The monoisotopic (exact) mass is 467 g/mol. The second-order valence-corrected chi connectivity index (χ2v) is 10.1. The quantitative estimate of drug-likeness (QED) is 0.449. The molecule has 0 spiro atoms. The smallest absolute Gasteiger partial charge is 0.338 e. The van der Waals surface area contributed by atoms with Gasteiger partial charge in [0.05, 0.1) is 29.5 Å². The van der Waals surface area contributed by atoms with Crippen molar-refractivity contribution in [2.24, 2.45) is 11.7 Å². The number of nitrogens with two attached hydrogens (primary N) is 1. The average Bonchev–Trinajstić information content (AvgIpc) is 2.73. The Labute approximate surface area is 197 Å². The molecule has 188 valence electrons. The minimum absolute atomic E-state index is 0.00414. The summed E-state index contributed by atoms with van der Waals surface area (Å²) in [6.07, 6.45) is -3.24. The van der Waals surface area contributed by atoms with E-state index in [9.17, 15) is 15.0 Å². The molecule has 8 nitrogen and oxygen atoms in total. The summed E-state index contributed by atoms with van der Waals surface area (Å²) in [5, 5.41) is 20.8. The summed E-state index contributed by atoms with van der Waals surface area (Å²) in [6.45, 7) is 13.5. The number of carbonyl (C=O) groups excluding carboxylic acids is 1. The van der Waals surface area contributed by atoms with Crippen molar-refractivity contribution < 1.29 is 34.0 Å². The summed E-state index contributed by atoms with van der Waals surface area (Å²) >= 11 is 0. The lowest BCUT2D eigenvalue weighted by atomic mass is 9.79. The van der Waals surface area contributed by atoms with Crippen LogP contribution in [0.3, 0.4) is 0 Å². The summed E-state index contributed by atoms with van der Waals surface area (Å²) < 4.78 is 24.1.